The van der Waals surface area contributed by atoms with Gasteiger partial charge in [0.1, 0.15) is 0 Å². The van der Waals surface area contributed by atoms with Crippen LogP contribution in [-0.2, 0) is 9.47 Å². The third-order valence-electron chi connectivity index (χ3n) is 1.45. The standard InChI is InChI=1S/C9H19O2S/c1-2-3-5-10-7-8-11-6-4-9-12/h2-9H2,1H3. The fourth-order valence-corrected chi connectivity index (χ4v) is 0.847. The number of hydrogen-bond acceptors (Lipinski definition) is 2. The Morgan fingerprint density at radius 1 is 0.917 bits per heavy atom. The minimum atomic E-state index is 0.707. The first-order chi connectivity index (χ1) is 5.91. The average Bonchev–Trinajstić information content (AvgIpc) is 2.10. The van der Waals surface area contributed by atoms with Crippen LogP contribution < -0.4 is 0 Å². The minimum Gasteiger partial charge on any atom is -0.379 e. The molecule has 0 aliphatic carbocycles. The van der Waals surface area contributed by atoms with Gasteiger partial charge in [-0.05, 0) is 12.8 Å². The Labute approximate surface area is 81.0 Å². The SMILES string of the molecule is CCCCOCCOCCC[S]. The van der Waals surface area contributed by atoms with Gasteiger partial charge in [-0.25, -0.2) is 0 Å². The van der Waals surface area contributed by atoms with Gasteiger partial charge in [0.25, 0.3) is 0 Å². The van der Waals surface area contributed by atoms with E-state index >= 15 is 0 Å². The van der Waals surface area contributed by atoms with Crippen molar-refractivity contribution >= 4 is 12.6 Å². The molecule has 3 heteroatoms. The van der Waals surface area contributed by atoms with Crippen LogP contribution in [0.25, 0.3) is 0 Å². The Morgan fingerprint density at radius 3 is 2.00 bits per heavy atom. The molecule has 0 aromatic rings. The second-order valence-electron chi connectivity index (χ2n) is 2.64. The summed E-state index contributed by atoms with van der Waals surface area (Å²) in [5, 5.41) is 0. The fourth-order valence-electron chi connectivity index (χ4n) is 0.729. The molecule has 0 aliphatic heterocycles. The molecule has 0 saturated heterocycles. The summed E-state index contributed by atoms with van der Waals surface area (Å²) in [4.78, 5) is 0. The first kappa shape index (κ1) is 12.3. The molecule has 73 valence electrons. The van der Waals surface area contributed by atoms with Gasteiger partial charge in [-0.2, -0.15) is 0 Å². The van der Waals surface area contributed by atoms with E-state index < -0.39 is 0 Å². The van der Waals surface area contributed by atoms with Crippen molar-refractivity contribution in [1.82, 2.24) is 0 Å². The molecule has 0 aromatic carbocycles. The topological polar surface area (TPSA) is 18.5 Å². The maximum absolute atomic E-state index is 5.30. The summed E-state index contributed by atoms with van der Waals surface area (Å²) in [6.45, 7) is 5.22. The van der Waals surface area contributed by atoms with Gasteiger partial charge in [-0.3, -0.25) is 0 Å². The molecule has 2 nitrogen and oxygen atoms in total. The Morgan fingerprint density at radius 2 is 1.50 bits per heavy atom. The van der Waals surface area contributed by atoms with Crippen molar-refractivity contribution in [3.8, 4) is 0 Å². The Bertz CT molecular complexity index is 68.9. The summed E-state index contributed by atoms with van der Waals surface area (Å²) >= 11 is 4.78. The molecule has 1 radical (unpaired) electrons. The van der Waals surface area contributed by atoms with Gasteiger partial charge in [0.05, 0.1) is 13.2 Å². The van der Waals surface area contributed by atoms with Crippen LogP contribution >= 0.6 is 12.6 Å². The van der Waals surface area contributed by atoms with Gasteiger partial charge in [0, 0.05) is 19.0 Å². The number of rotatable bonds is 9. The molecule has 0 N–H and O–H groups in total. The van der Waals surface area contributed by atoms with E-state index in [-0.39, 0.29) is 0 Å². The van der Waals surface area contributed by atoms with Crippen LogP contribution in [0.3, 0.4) is 0 Å². The monoisotopic (exact) mass is 191 g/mol. The molecule has 0 amide bonds. The van der Waals surface area contributed by atoms with Crippen LogP contribution in [0, 0.1) is 0 Å². The van der Waals surface area contributed by atoms with Gasteiger partial charge < -0.3 is 9.47 Å². The van der Waals surface area contributed by atoms with Crippen molar-refractivity contribution in [2.24, 2.45) is 0 Å². The van der Waals surface area contributed by atoms with Crippen molar-refractivity contribution in [3.63, 3.8) is 0 Å². The number of unbranched alkanes of at least 4 members (excludes halogenated alkanes) is 1. The van der Waals surface area contributed by atoms with E-state index in [1.807, 2.05) is 0 Å². The number of hydrogen-bond donors (Lipinski definition) is 0. The van der Waals surface area contributed by atoms with Gasteiger partial charge >= 0.3 is 0 Å². The summed E-state index contributed by atoms with van der Waals surface area (Å²) in [5.41, 5.74) is 0. The van der Waals surface area contributed by atoms with Gasteiger partial charge in [0.15, 0.2) is 0 Å². The van der Waals surface area contributed by atoms with Crippen molar-refractivity contribution in [2.75, 3.05) is 32.2 Å². The Kier molecular flexibility index (Phi) is 11.5. The largest absolute Gasteiger partial charge is 0.379 e. The van der Waals surface area contributed by atoms with E-state index in [1.165, 1.54) is 6.42 Å². The highest BCUT2D eigenvalue weighted by Gasteiger charge is 1.88. The van der Waals surface area contributed by atoms with Crippen LogP contribution in [0.2, 0.25) is 0 Å². The third-order valence-corrected chi connectivity index (χ3v) is 1.74. The Hall–Kier alpha value is 0.270. The Balaban J connectivity index is 2.73. The van der Waals surface area contributed by atoms with Crippen molar-refractivity contribution in [2.45, 2.75) is 26.2 Å². The summed E-state index contributed by atoms with van der Waals surface area (Å²) in [5.74, 6) is 0.788. The lowest BCUT2D eigenvalue weighted by Gasteiger charge is -2.03. The molecule has 0 atom stereocenters. The highest BCUT2D eigenvalue weighted by Crippen LogP contribution is 1.89. The zero-order chi connectivity index (χ0) is 9.07. The summed E-state index contributed by atoms with van der Waals surface area (Å²) in [7, 11) is 0. The molecule has 0 fully saturated rings. The van der Waals surface area contributed by atoms with E-state index in [0.29, 0.717) is 6.61 Å². The highest BCUT2D eigenvalue weighted by molar-refractivity contribution is 7.80. The third kappa shape index (κ3) is 10.3. The highest BCUT2D eigenvalue weighted by atomic mass is 32.1. The van der Waals surface area contributed by atoms with Crippen molar-refractivity contribution < 1.29 is 9.47 Å². The zero-order valence-electron chi connectivity index (χ0n) is 7.88. The van der Waals surface area contributed by atoms with Crippen LogP contribution in [0.5, 0.6) is 0 Å². The van der Waals surface area contributed by atoms with E-state index in [4.69, 9.17) is 22.1 Å². The van der Waals surface area contributed by atoms with Gasteiger partial charge in [-0.1, -0.05) is 26.0 Å². The predicted octanol–water partition coefficient (Wildman–Crippen LogP) is 2.41. The molecular formula is C9H19O2S. The second-order valence-corrected chi connectivity index (χ2v) is 3.04. The quantitative estimate of drug-likeness (QED) is 0.521. The fraction of sp³-hybridized carbons (Fsp3) is 1.00. The second kappa shape index (κ2) is 11.3. The lowest BCUT2D eigenvalue weighted by Crippen LogP contribution is -2.06. The van der Waals surface area contributed by atoms with Crippen molar-refractivity contribution in [1.29, 1.82) is 0 Å². The molecule has 0 spiro atoms. The molecule has 0 unspecified atom stereocenters. The van der Waals surface area contributed by atoms with E-state index in [2.05, 4.69) is 6.92 Å². The van der Waals surface area contributed by atoms with Crippen LogP contribution in [0.1, 0.15) is 26.2 Å². The molecule has 0 saturated carbocycles. The first-order valence-corrected chi connectivity index (χ1v) is 5.23. The lowest BCUT2D eigenvalue weighted by atomic mass is 10.4. The lowest BCUT2D eigenvalue weighted by molar-refractivity contribution is 0.0472. The van der Waals surface area contributed by atoms with E-state index in [1.54, 1.807) is 0 Å². The molecule has 0 bridgehead atoms. The van der Waals surface area contributed by atoms with Crippen LogP contribution in [0.15, 0.2) is 0 Å². The normalized spacial score (nSPS) is 10.5. The average molecular weight is 191 g/mol. The summed E-state index contributed by atoms with van der Waals surface area (Å²) in [6, 6.07) is 0. The molecule has 0 aromatic heterocycles. The predicted molar refractivity (Wildman–Crippen MR) is 53.6 cm³/mol. The maximum atomic E-state index is 5.30. The van der Waals surface area contributed by atoms with Gasteiger partial charge in [-0.15, -0.1) is 0 Å². The molecule has 0 rings (SSSR count). The van der Waals surface area contributed by atoms with Gasteiger partial charge in [0.2, 0.25) is 0 Å². The molecule has 0 heterocycles. The smallest absolute Gasteiger partial charge is 0.0700 e. The maximum Gasteiger partial charge on any atom is 0.0700 e. The zero-order valence-corrected chi connectivity index (χ0v) is 8.70. The summed E-state index contributed by atoms with van der Waals surface area (Å²) < 4.78 is 10.6. The first-order valence-electron chi connectivity index (χ1n) is 4.65. The molecule has 12 heavy (non-hydrogen) atoms. The van der Waals surface area contributed by atoms with Crippen molar-refractivity contribution in [3.05, 3.63) is 0 Å². The minimum absolute atomic E-state index is 0.707. The number of ether oxygens (including phenoxy) is 2. The van der Waals surface area contributed by atoms with E-state index in [9.17, 15) is 0 Å². The summed E-state index contributed by atoms with van der Waals surface area (Å²) in [6.07, 6.45) is 3.31. The van der Waals surface area contributed by atoms with E-state index in [0.717, 1.165) is 38.4 Å². The molecular weight excluding hydrogens is 172 g/mol. The van der Waals surface area contributed by atoms with Crippen LogP contribution in [0.4, 0.5) is 0 Å². The molecule has 0 aliphatic rings. The van der Waals surface area contributed by atoms with Crippen LogP contribution in [-0.4, -0.2) is 32.2 Å².